The maximum Gasteiger partial charge on any atom is 0.261 e. The predicted octanol–water partition coefficient (Wildman–Crippen LogP) is 5.47. The van der Waals surface area contributed by atoms with Crippen molar-refractivity contribution >= 4 is 27.3 Å². The molecule has 4 aromatic rings. The van der Waals surface area contributed by atoms with E-state index in [-0.39, 0.29) is 17.2 Å². The Labute approximate surface area is 192 Å². The second-order valence-corrected chi connectivity index (χ2v) is 9.08. The highest BCUT2D eigenvalue weighted by Crippen LogP contribution is 2.27. The first-order valence-electron chi connectivity index (χ1n) is 10.2. The zero-order valence-electron chi connectivity index (χ0n) is 17.5. The second kappa shape index (κ2) is 9.67. The number of carbonyl (C=O) groups excluding carboxylic acids is 1. The van der Waals surface area contributed by atoms with E-state index in [9.17, 15) is 17.6 Å². The van der Waals surface area contributed by atoms with Crippen LogP contribution in [0.25, 0.3) is 11.1 Å². The topological polar surface area (TPSA) is 75.3 Å². The van der Waals surface area contributed by atoms with Crippen LogP contribution in [0.1, 0.15) is 5.56 Å². The molecule has 0 unspecified atom stereocenters. The average molecular weight is 461 g/mol. The number of hydrogen-bond acceptors (Lipinski definition) is 3. The number of carbonyl (C=O) groups is 1. The Kier molecular flexibility index (Phi) is 6.51. The van der Waals surface area contributed by atoms with Crippen molar-refractivity contribution in [2.45, 2.75) is 11.3 Å². The maximum absolute atomic E-state index is 13.0. The summed E-state index contributed by atoms with van der Waals surface area (Å²) in [5, 5.41) is 2.96. The first-order valence-corrected chi connectivity index (χ1v) is 11.7. The summed E-state index contributed by atoms with van der Waals surface area (Å²) in [5.74, 6) is -0.694. The summed E-state index contributed by atoms with van der Waals surface area (Å²) in [7, 11) is -3.83. The van der Waals surface area contributed by atoms with Crippen molar-refractivity contribution in [1.29, 1.82) is 0 Å². The van der Waals surface area contributed by atoms with Gasteiger partial charge in [-0.3, -0.25) is 9.52 Å². The van der Waals surface area contributed by atoms with E-state index in [1.54, 1.807) is 24.3 Å². The molecule has 0 aliphatic rings. The average Bonchev–Trinajstić information content (AvgIpc) is 2.81. The first-order chi connectivity index (χ1) is 15.9. The number of hydrogen-bond donors (Lipinski definition) is 2. The summed E-state index contributed by atoms with van der Waals surface area (Å²) in [6.45, 7) is 0. The number of benzene rings is 4. The molecule has 33 heavy (non-hydrogen) atoms. The van der Waals surface area contributed by atoms with E-state index in [1.807, 2.05) is 54.6 Å². The summed E-state index contributed by atoms with van der Waals surface area (Å²) < 4.78 is 40.4. The van der Waals surface area contributed by atoms with Crippen LogP contribution in [0.4, 0.5) is 15.8 Å². The molecular formula is C26H21FN2O3S. The van der Waals surface area contributed by atoms with Crippen molar-refractivity contribution in [2.75, 3.05) is 10.0 Å². The first kappa shape index (κ1) is 22.2. The van der Waals surface area contributed by atoms with E-state index in [0.717, 1.165) is 34.5 Å². The molecule has 5 nitrogen and oxygen atoms in total. The second-order valence-electron chi connectivity index (χ2n) is 7.39. The van der Waals surface area contributed by atoms with Crippen molar-refractivity contribution in [1.82, 2.24) is 0 Å². The van der Waals surface area contributed by atoms with E-state index in [0.29, 0.717) is 5.69 Å². The number of amides is 1. The van der Waals surface area contributed by atoms with E-state index in [1.165, 1.54) is 12.1 Å². The molecule has 7 heteroatoms. The van der Waals surface area contributed by atoms with Gasteiger partial charge >= 0.3 is 0 Å². The Morgan fingerprint density at radius 2 is 1.39 bits per heavy atom. The smallest absolute Gasteiger partial charge is 0.261 e. The molecule has 0 aliphatic carbocycles. The molecule has 0 fully saturated rings. The molecule has 0 saturated carbocycles. The highest BCUT2D eigenvalue weighted by Gasteiger charge is 2.14. The van der Waals surface area contributed by atoms with Crippen LogP contribution in [-0.4, -0.2) is 14.3 Å². The van der Waals surface area contributed by atoms with Gasteiger partial charge in [-0.15, -0.1) is 0 Å². The lowest BCUT2D eigenvalue weighted by Gasteiger charge is -2.12. The van der Waals surface area contributed by atoms with Gasteiger partial charge in [0.15, 0.2) is 0 Å². The normalized spacial score (nSPS) is 11.1. The Morgan fingerprint density at radius 3 is 2.09 bits per heavy atom. The molecule has 0 aliphatic heterocycles. The van der Waals surface area contributed by atoms with Crippen molar-refractivity contribution in [3.63, 3.8) is 0 Å². The van der Waals surface area contributed by atoms with Crippen LogP contribution in [0.2, 0.25) is 0 Å². The summed E-state index contributed by atoms with van der Waals surface area (Å²) in [6.07, 6.45) is 0.133. The summed E-state index contributed by atoms with van der Waals surface area (Å²) in [5.41, 5.74) is 3.73. The lowest BCUT2D eigenvalue weighted by atomic mass is 10.0. The number of rotatable bonds is 7. The Hall–Kier alpha value is -3.97. The van der Waals surface area contributed by atoms with Crippen molar-refractivity contribution in [2.24, 2.45) is 0 Å². The minimum atomic E-state index is -3.83. The van der Waals surface area contributed by atoms with Crippen molar-refractivity contribution in [3.05, 3.63) is 115 Å². The molecule has 4 rings (SSSR count). The Balaban J connectivity index is 1.42. The molecular weight excluding hydrogens is 439 g/mol. The van der Waals surface area contributed by atoms with Crippen LogP contribution >= 0.6 is 0 Å². The van der Waals surface area contributed by atoms with Gasteiger partial charge in [-0.2, -0.15) is 0 Å². The molecule has 1 amide bonds. The van der Waals surface area contributed by atoms with E-state index in [4.69, 9.17) is 0 Å². The molecule has 0 aromatic heterocycles. The molecule has 0 heterocycles. The van der Waals surface area contributed by atoms with Crippen LogP contribution in [0, 0.1) is 5.82 Å². The summed E-state index contributed by atoms with van der Waals surface area (Å²) in [6, 6.07) is 28.5. The van der Waals surface area contributed by atoms with Gasteiger partial charge in [-0.05, 0) is 53.6 Å². The third kappa shape index (κ3) is 5.64. The minimum Gasteiger partial charge on any atom is -0.325 e. The quantitative estimate of drug-likeness (QED) is 0.384. The Morgan fingerprint density at radius 1 is 0.758 bits per heavy atom. The highest BCUT2D eigenvalue weighted by molar-refractivity contribution is 7.92. The van der Waals surface area contributed by atoms with Crippen LogP contribution in [-0.2, 0) is 21.2 Å². The molecule has 0 atom stereocenters. The number of halogens is 1. The fourth-order valence-electron chi connectivity index (χ4n) is 3.36. The van der Waals surface area contributed by atoms with Crippen LogP contribution in [0.3, 0.4) is 0 Å². The molecule has 2 N–H and O–H groups in total. The maximum atomic E-state index is 13.0. The largest absolute Gasteiger partial charge is 0.325 e. The molecule has 166 valence electrons. The van der Waals surface area contributed by atoms with Gasteiger partial charge in [0.2, 0.25) is 5.91 Å². The molecule has 4 aromatic carbocycles. The number of para-hydroxylation sites is 1. The van der Waals surface area contributed by atoms with Crippen LogP contribution in [0.15, 0.2) is 108 Å². The van der Waals surface area contributed by atoms with E-state index >= 15 is 0 Å². The molecule has 0 radical (unpaired) electrons. The zero-order chi connectivity index (χ0) is 23.3. The van der Waals surface area contributed by atoms with Gasteiger partial charge in [-0.25, -0.2) is 12.8 Å². The van der Waals surface area contributed by atoms with Gasteiger partial charge in [0.1, 0.15) is 5.82 Å². The minimum absolute atomic E-state index is 0.0376. The number of sulfonamides is 1. The zero-order valence-corrected chi connectivity index (χ0v) is 18.3. The number of anilines is 2. The molecule has 0 saturated heterocycles. The predicted molar refractivity (Wildman–Crippen MR) is 128 cm³/mol. The van der Waals surface area contributed by atoms with Gasteiger partial charge in [-0.1, -0.05) is 60.7 Å². The SMILES string of the molecule is O=C(Cc1ccc(NS(=O)(=O)c2ccc(F)cc2)cc1)Nc1ccccc1-c1ccccc1. The van der Waals surface area contributed by atoms with E-state index < -0.39 is 15.8 Å². The van der Waals surface area contributed by atoms with Gasteiger partial charge in [0.05, 0.1) is 11.3 Å². The van der Waals surface area contributed by atoms with Gasteiger partial charge in [0, 0.05) is 16.9 Å². The van der Waals surface area contributed by atoms with Gasteiger partial charge < -0.3 is 5.32 Å². The van der Waals surface area contributed by atoms with Crippen LogP contribution < -0.4 is 10.0 Å². The monoisotopic (exact) mass is 460 g/mol. The fourth-order valence-corrected chi connectivity index (χ4v) is 4.42. The third-order valence-corrected chi connectivity index (χ3v) is 6.38. The Bertz CT molecular complexity index is 1360. The lowest BCUT2D eigenvalue weighted by Crippen LogP contribution is -2.15. The van der Waals surface area contributed by atoms with E-state index in [2.05, 4.69) is 10.0 Å². The highest BCUT2D eigenvalue weighted by atomic mass is 32.2. The van der Waals surface area contributed by atoms with Crippen molar-refractivity contribution in [3.8, 4) is 11.1 Å². The molecule has 0 bridgehead atoms. The molecule has 0 spiro atoms. The fraction of sp³-hybridized carbons (Fsp3) is 0.0385. The standard InChI is InChI=1S/C26H21FN2O3S/c27-21-12-16-23(17-13-21)33(31,32)29-22-14-10-19(11-15-22)18-26(30)28-25-9-5-4-8-24(25)20-6-2-1-3-7-20/h1-17,29H,18H2,(H,28,30). The van der Waals surface area contributed by atoms with Gasteiger partial charge in [0.25, 0.3) is 10.0 Å². The third-order valence-electron chi connectivity index (χ3n) is 4.98. The van der Waals surface area contributed by atoms with Crippen LogP contribution in [0.5, 0.6) is 0 Å². The summed E-state index contributed by atoms with van der Waals surface area (Å²) in [4.78, 5) is 12.6. The number of nitrogens with one attached hydrogen (secondary N) is 2. The lowest BCUT2D eigenvalue weighted by molar-refractivity contribution is -0.115. The summed E-state index contributed by atoms with van der Waals surface area (Å²) >= 11 is 0. The van der Waals surface area contributed by atoms with Crippen molar-refractivity contribution < 1.29 is 17.6 Å².